The zero-order valence-electron chi connectivity index (χ0n) is 12.1. The summed E-state index contributed by atoms with van der Waals surface area (Å²) in [5.74, 6) is 0.0218. The van der Waals surface area contributed by atoms with Crippen LogP contribution in [0.1, 0.15) is 25.2 Å². The number of aromatic nitrogens is 2. The molecular weight excluding hydrogens is 242 g/mol. The van der Waals surface area contributed by atoms with E-state index in [4.69, 9.17) is 0 Å². The summed E-state index contributed by atoms with van der Waals surface area (Å²) in [7, 11) is 0. The Bertz CT molecular complexity index is 436. The summed E-state index contributed by atoms with van der Waals surface area (Å²) in [6.45, 7) is 10.3. The normalized spacial score (nSPS) is 24.4. The Balaban J connectivity index is 1.94. The first kappa shape index (κ1) is 14.0. The fraction of sp³-hybridized carbons (Fsp3) is 0.692. The van der Waals surface area contributed by atoms with E-state index >= 15 is 0 Å². The van der Waals surface area contributed by atoms with Gasteiger partial charge in [-0.3, -0.25) is 14.8 Å². The van der Waals surface area contributed by atoms with Crippen molar-refractivity contribution < 1.29 is 4.79 Å². The average Bonchev–Trinajstić information content (AvgIpc) is 2.65. The van der Waals surface area contributed by atoms with Crippen LogP contribution >= 0.6 is 0 Å². The molecule has 1 aromatic rings. The molecule has 0 spiro atoms. The summed E-state index contributed by atoms with van der Waals surface area (Å²) < 4.78 is 0. The number of hydrogen-bond acceptors (Lipinski definition) is 4. The number of amides is 1. The summed E-state index contributed by atoms with van der Waals surface area (Å²) in [4.78, 5) is 14.3. The number of anilines is 1. The Hall–Kier alpha value is -1.40. The highest BCUT2D eigenvalue weighted by Crippen LogP contribution is 2.16. The van der Waals surface area contributed by atoms with Crippen molar-refractivity contribution in [3.63, 3.8) is 0 Å². The minimum Gasteiger partial charge on any atom is -0.322 e. The molecule has 0 bridgehead atoms. The molecule has 106 valence electrons. The first-order chi connectivity index (χ1) is 8.97. The largest absolute Gasteiger partial charge is 0.322 e. The van der Waals surface area contributed by atoms with Crippen LogP contribution in [-0.4, -0.2) is 52.7 Å². The molecule has 2 unspecified atom stereocenters. The van der Waals surface area contributed by atoms with Crippen LogP contribution in [0.5, 0.6) is 0 Å². The van der Waals surface area contributed by atoms with E-state index in [1.165, 1.54) is 0 Å². The summed E-state index contributed by atoms with van der Waals surface area (Å²) in [5.41, 5.74) is 2.53. The van der Waals surface area contributed by atoms with E-state index in [2.05, 4.69) is 39.6 Å². The third kappa shape index (κ3) is 3.33. The standard InChI is InChI=1S/C13H23N5O/c1-8-6-18(9(2)5-14-8)7-12(19)15-13-10(3)16-17-11(13)4/h8-9,14H,5-7H2,1-4H3,(H,15,19)(H,16,17). The van der Waals surface area contributed by atoms with Crippen molar-refractivity contribution in [1.29, 1.82) is 0 Å². The number of nitrogens with one attached hydrogen (secondary N) is 3. The summed E-state index contributed by atoms with van der Waals surface area (Å²) in [6.07, 6.45) is 0. The monoisotopic (exact) mass is 265 g/mol. The molecule has 1 aliphatic heterocycles. The Morgan fingerprint density at radius 1 is 1.47 bits per heavy atom. The van der Waals surface area contributed by atoms with E-state index < -0.39 is 0 Å². The number of hydrogen-bond donors (Lipinski definition) is 3. The van der Waals surface area contributed by atoms with Gasteiger partial charge in [-0.2, -0.15) is 5.10 Å². The minimum absolute atomic E-state index is 0.0218. The highest BCUT2D eigenvalue weighted by atomic mass is 16.2. The second kappa shape index (κ2) is 5.71. The fourth-order valence-corrected chi connectivity index (χ4v) is 2.42. The molecule has 1 amide bonds. The highest BCUT2D eigenvalue weighted by molar-refractivity contribution is 5.93. The van der Waals surface area contributed by atoms with E-state index in [-0.39, 0.29) is 5.91 Å². The van der Waals surface area contributed by atoms with Crippen LogP contribution in [0, 0.1) is 13.8 Å². The van der Waals surface area contributed by atoms with Crippen molar-refractivity contribution in [2.24, 2.45) is 0 Å². The maximum atomic E-state index is 12.1. The molecule has 19 heavy (non-hydrogen) atoms. The van der Waals surface area contributed by atoms with Gasteiger partial charge in [-0.1, -0.05) is 0 Å². The van der Waals surface area contributed by atoms with Crippen LogP contribution in [0.3, 0.4) is 0 Å². The van der Waals surface area contributed by atoms with Gasteiger partial charge in [0.15, 0.2) is 0 Å². The van der Waals surface area contributed by atoms with Crippen molar-refractivity contribution in [2.45, 2.75) is 39.8 Å². The van der Waals surface area contributed by atoms with Gasteiger partial charge in [0.1, 0.15) is 0 Å². The third-order valence-corrected chi connectivity index (χ3v) is 3.63. The van der Waals surface area contributed by atoms with E-state index in [1.54, 1.807) is 0 Å². The Morgan fingerprint density at radius 3 is 2.84 bits per heavy atom. The SMILES string of the molecule is Cc1n[nH]c(C)c1NC(=O)CN1CC(C)NCC1C. The van der Waals surface area contributed by atoms with Gasteiger partial charge in [-0.15, -0.1) is 0 Å². The molecule has 0 aromatic carbocycles. The number of aromatic amines is 1. The molecule has 2 atom stereocenters. The lowest BCUT2D eigenvalue weighted by atomic mass is 10.1. The Kier molecular flexibility index (Phi) is 4.21. The molecule has 0 saturated carbocycles. The van der Waals surface area contributed by atoms with Crippen LogP contribution in [0.15, 0.2) is 0 Å². The van der Waals surface area contributed by atoms with Gasteiger partial charge in [-0.25, -0.2) is 0 Å². The van der Waals surface area contributed by atoms with Crippen molar-refractivity contribution in [2.75, 3.05) is 25.0 Å². The maximum absolute atomic E-state index is 12.1. The Labute approximate surface area is 113 Å². The maximum Gasteiger partial charge on any atom is 0.238 e. The first-order valence-electron chi connectivity index (χ1n) is 6.76. The summed E-state index contributed by atoms with van der Waals surface area (Å²) in [5, 5.41) is 13.3. The van der Waals surface area contributed by atoms with E-state index in [1.807, 2.05) is 13.8 Å². The van der Waals surface area contributed by atoms with Crippen LogP contribution in [-0.2, 0) is 4.79 Å². The van der Waals surface area contributed by atoms with Crippen molar-refractivity contribution in [3.8, 4) is 0 Å². The predicted molar refractivity (Wildman–Crippen MR) is 75.2 cm³/mol. The Morgan fingerprint density at radius 2 is 2.21 bits per heavy atom. The van der Waals surface area contributed by atoms with Gasteiger partial charge in [-0.05, 0) is 27.7 Å². The van der Waals surface area contributed by atoms with Crippen LogP contribution in [0.25, 0.3) is 0 Å². The summed E-state index contributed by atoms with van der Waals surface area (Å²) >= 11 is 0. The number of aryl methyl sites for hydroxylation is 2. The molecule has 0 radical (unpaired) electrons. The lowest BCUT2D eigenvalue weighted by molar-refractivity contribution is -0.118. The number of carbonyl (C=O) groups excluding carboxylic acids is 1. The molecule has 3 N–H and O–H groups in total. The molecule has 1 saturated heterocycles. The van der Waals surface area contributed by atoms with Gasteiger partial charge in [0, 0.05) is 25.2 Å². The van der Waals surface area contributed by atoms with Crippen LogP contribution in [0.4, 0.5) is 5.69 Å². The summed E-state index contributed by atoms with van der Waals surface area (Å²) in [6, 6.07) is 0.815. The van der Waals surface area contributed by atoms with E-state index in [0.29, 0.717) is 18.6 Å². The third-order valence-electron chi connectivity index (χ3n) is 3.63. The zero-order valence-corrected chi connectivity index (χ0v) is 12.1. The molecule has 2 heterocycles. The first-order valence-corrected chi connectivity index (χ1v) is 6.76. The quantitative estimate of drug-likeness (QED) is 0.750. The molecule has 0 aliphatic carbocycles. The molecule has 1 fully saturated rings. The lowest BCUT2D eigenvalue weighted by Gasteiger charge is -2.36. The van der Waals surface area contributed by atoms with Crippen LogP contribution < -0.4 is 10.6 Å². The number of H-pyrrole nitrogens is 1. The van der Waals surface area contributed by atoms with Gasteiger partial charge < -0.3 is 10.6 Å². The van der Waals surface area contributed by atoms with Crippen molar-refractivity contribution >= 4 is 11.6 Å². The number of nitrogens with zero attached hydrogens (tertiary/aromatic N) is 2. The van der Waals surface area contributed by atoms with Gasteiger partial charge >= 0.3 is 0 Å². The lowest BCUT2D eigenvalue weighted by Crippen LogP contribution is -2.55. The molecular formula is C13H23N5O. The van der Waals surface area contributed by atoms with Gasteiger partial charge in [0.25, 0.3) is 0 Å². The molecule has 6 nitrogen and oxygen atoms in total. The van der Waals surface area contributed by atoms with Gasteiger partial charge in [0.05, 0.1) is 23.6 Å². The fourth-order valence-electron chi connectivity index (χ4n) is 2.42. The molecule has 1 aliphatic rings. The number of carbonyl (C=O) groups is 1. The molecule has 2 rings (SSSR count). The van der Waals surface area contributed by atoms with E-state index in [0.717, 1.165) is 30.2 Å². The second-order valence-corrected chi connectivity index (χ2v) is 5.44. The van der Waals surface area contributed by atoms with Crippen LogP contribution in [0.2, 0.25) is 0 Å². The average molecular weight is 265 g/mol. The highest BCUT2D eigenvalue weighted by Gasteiger charge is 2.24. The number of rotatable bonds is 3. The zero-order chi connectivity index (χ0) is 14.0. The molecule has 6 heteroatoms. The second-order valence-electron chi connectivity index (χ2n) is 5.44. The number of piperazine rings is 1. The smallest absolute Gasteiger partial charge is 0.238 e. The van der Waals surface area contributed by atoms with Crippen molar-refractivity contribution in [3.05, 3.63) is 11.4 Å². The van der Waals surface area contributed by atoms with Crippen molar-refractivity contribution in [1.82, 2.24) is 20.4 Å². The minimum atomic E-state index is 0.0218. The predicted octanol–water partition coefficient (Wildman–Crippen LogP) is 0.647. The topological polar surface area (TPSA) is 73.0 Å². The van der Waals surface area contributed by atoms with E-state index in [9.17, 15) is 4.79 Å². The molecule has 1 aromatic heterocycles. The van der Waals surface area contributed by atoms with Gasteiger partial charge in [0.2, 0.25) is 5.91 Å².